The molecule has 2 nitrogen and oxygen atoms in total. The van der Waals surface area contributed by atoms with Crippen LogP contribution in [0.3, 0.4) is 0 Å². The van der Waals surface area contributed by atoms with Crippen molar-refractivity contribution in [3.8, 4) is 0 Å². The Balaban J connectivity index is 2.46. The molecule has 0 saturated heterocycles. The predicted molar refractivity (Wildman–Crippen MR) is 59.4 cm³/mol. The van der Waals surface area contributed by atoms with E-state index in [0.717, 1.165) is 12.1 Å². The summed E-state index contributed by atoms with van der Waals surface area (Å²) in [4.78, 5) is 0. The third kappa shape index (κ3) is 3.98. The molecule has 0 unspecified atom stereocenters. The Morgan fingerprint density at radius 2 is 1.87 bits per heavy atom. The minimum absolute atomic E-state index is 0.105. The monoisotopic (exact) mass is 211 g/mol. The van der Waals surface area contributed by atoms with Crippen molar-refractivity contribution in [2.45, 2.75) is 25.8 Å². The molecule has 0 aliphatic rings. The Labute approximate surface area is 90.1 Å². The maximum absolute atomic E-state index is 12.7. The minimum Gasteiger partial charge on any atom is -0.395 e. The molecule has 2 N–H and O–H groups in total. The maximum Gasteiger partial charge on any atom is 0.123 e. The van der Waals surface area contributed by atoms with E-state index in [1.807, 2.05) is 6.92 Å². The first-order chi connectivity index (χ1) is 7.13. The van der Waals surface area contributed by atoms with Crippen molar-refractivity contribution in [1.29, 1.82) is 0 Å². The first kappa shape index (κ1) is 12.1. The number of halogens is 1. The molecular formula is C12H18FNO. The lowest BCUT2D eigenvalue weighted by molar-refractivity contribution is 0.250. The highest BCUT2D eigenvalue weighted by Crippen LogP contribution is 2.14. The topological polar surface area (TPSA) is 32.3 Å². The number of aliphatic hydroxyl groups excluding tert-OH is 1. The predicted octanol–water partition coefficient (Wildman–Crippen LogP) is 1.90. The van der Waals surface area contributed by atoms with Crippen LogP contribution in [0, 0.1) is 5.82 Å². The number of rotatable bonds is 5. The first-order valence-corrected chi connectivity index (χ1v) is 5.23. The van der Waals surface area contributed by atoms with Crippen LogP contribution in [-0.4, -0.2) is 24.3 Å². The molecule has 0 heterocycles. The normalized spacial score (nSPS) is 14.9. The van der Waals surface area contributed by atoms with Crippen LogP contribution in [0.15, 0.2) is 24.3 Å². The van der Waals surface area contributed by atoms with E-state index in [0.29, 0.717) is 5.92 Å². The fourth-order valence-corrected chi connectivity index (χ4v) is 1.35. The summed E-state index contributed by atoms with van der Waals surface area (Å²) in [5.74, 6) is 0.113. The van der Waals surface area contributed by atoms with Crippen molar-refractivity contribution in [2.24, 2.45) is 0 Å². The van der Waals surface area contributed by atoms with Gasteiger partial charge in [0.05, 0.1) is 6.61 Å². The Morgan fingerprint density at radius 1 is 1.27 bits per heavy atom. The zero-order valence-electron chi connectivity index (χ0n) is 9.20. The molecule has 1 rings (SSSR count). The summed E-state index contributed by atoms with van der Waals surface area (Å²) >= 11 is 0. The molecule has 0 aliphatic heterocycles. The fraction of sp³-hybridized carbons (Fsp3) is 0.500. The summed E-state index contributed by atoms with van der Waals surface area (Å²) in [6, 6.07) is 6.65. The zero-order chi connectivity index (χ0) is 11.3. The van der Waals surface area contributed by atoms with E-state index in [2.05, 4.69) is 12.2 Å². The summed E-state index contributed by atoms with van der Waals surface area (Å²) in [5, 5.41) is 12.0. The number of hydrogen-bond donors (Lipinski definition) is 2. The van der Waals surface area contributed by atoms with Gasteiger partial charge in [-0.3, -0.25) is 0 Å². The van der Waals surface area contributed by atoms with Crippen LogP contribution in [0.25, 0.3) is 0 Å². The van der Waals surface area contributed by atoms with Crippen LogP contribution in [-0.2, 0) is 0 Å². The summed E-state index contributed by atoms with van der Waals surface area (Å²) in [5.41, 5.74) is 1.11. The van der Waals surface area contributed by atoms with Gasteiger partial charge < -0.3 is 10.4 Å². The zero-order valence-corrected chi connectivity index (χ0v) is 9.20. The minimum atomic E-state index is -0.206. The van der Waals surface area contributed by atoms with Crippen LogP contribution >= 0.6 is 0 Å². The van der Waals surface area contributed by atoms with Crippen LogP contribution in [0.2, 0.25) is 0 Å². The molecule has 2 atom stereocenters. The van der Waals surface area contributed by atoms with E-state index >= 15 is 0 Å². The highest BCUT2D eigenvalue weighted by atomic mass is 19.1. The van der Waals surface area contributed by atoms with Crippen molar-refractivity contribution in [3.63, 3.8) is 0 Å². The van der Waals surface area contributed by atoms with Gasteiger partial charge in [0, 0.05) is 12.6 Å². The van der Waals surface area contributed by atoms with Crippen LogP contribution < -0.4 is 5.32 Å². The third-order valence-electron chi connectivity index (χ3n) is 2.49. The first-order valence-electron chi connectivity index (χ1n) is 5.23. The lowest BCUT2D eigenvalue weighted by atomic mass is 10.0. The molecule has 1 aromatic carbocycles. The van der Waals surface area contributed by atoms with Gasteiger partial charge >= 0.3 is 0 Å². The Hall–Kier alpha value is -0.930. The van der Waals surface area contributed by atoms with E-state index in [-0.39, 0.29) is 18.5 Å². The fourth-order valence-electron chi connectivity index (χ4n) is 1.35. The van der Waals surface area contributed by atoms with E-state index in [4.69, 9.17) is 5.11 Å². The molecule has 15 heavy (non-hydrogen) atoms. The van der Waals surface area contributed by atoms with Crippen molar-refractivity contribution < 1.29 is 9.50 Å². The lowest BCUT2D eigenvalue weighted by Gasteiger charge is -2.16. The number of nitrogens with one attached hydrogen (secondary N) is 1. The number of benzene rings is 1. The lowest BCUT2D eigenvalue weighted by Crippen LogP contribution is -2.32. The van der Waals surface area contributed by atoms with Gasteiger partial charge in [-0.2, -0.15) is 0 Å². The molecule has 0 spiro atoms. The van der Waals surface area contributed by atoms with Crippen LogP contribution in [0.4, 0.5) is 4.39 Å². The van der Waals surface area contributed by atoms with Gasteiger partial charge in [0.2, 0.25) is 0 Å². The Kier molecular flexibility index (Phi) is 4.72. The Bertz CT molecular complexity index is 286. The molecule has 0 aromatic heterocycles. The second-order valence-electron chi connectivity index (χ2n) is 3.94. The molecular weight excluding hydrogens is 193 g/mol. The van der Waals surface area contributed by atoms with Gasteiger partial charge in [0.1, 0.15) is 5.82 Å². The highest BCUT2D eigenvalue weighted by molar-refractivity contribution is 5.20. The largest absolute Gasteiger partial charge is 0.395 e. The maximum atomic E-state index is 12.7. The SMILES string of the molecule is C[C@H](CO)NC[C@H](C)c1ccc(F)cc1. The molecule has 0 saturated carbocycles. The van der Waals surface area contributed by atoms with Gasteiger partial charge in [0.15, 0.2) is 0 Å². The highest BCUT2D eigenvalue weighted by Gasteiger charge is 2.07. The van der Waals surface area contributed by atoms with E-state index < -0.39 is 0 Å². The van der Waals surface area contributed by atoms with Crippen molar-refractivity contribution >= 4 is 0 Å². The Morgan fingerprint density at radius 3 is 2.40 bits per heavy atom. The molecule has 0 aliphatic carbocycles. The van der Waals surface area contributed by atoms with E-state index in [9.17, 15) is 4.39 Å². The van der Waals surface area contributed by atoms with E-state index in [1.165, 1.54) is 12.1 Å². The number of aliphatic hydroxyl groups is 1. The molecule has 84 valence electrons. The smallest absolute Gasteiger partial charge is 0.123 e. The summed E-state index contributed by atoms with van der Waals surface area (Å²) in [6.45, 7) is 4.92. The van der Waals surface area contributed by atoms with Crippen LogP contribution in [0.5, 0.6) is 0 Å². The average Bonchev–Trinajstić information content (AvgIpc) is 2.26. The average molecular weight is 211 g/mol. The summed E-state index contributed by atoms with van der Waals surface area (Å²) in [6.07, 6.45) is 0. The van der Waals surface area contributed by atoms with Gasteiger partial charge in [-0.05, 0) is 30.5 Å². The van der Waals surface area contributed by atoms with Crippen molar-refractivity contribution in [3.05, 3.63) is 35.6 Å². The molecule has 0 fully saturated rings. The summed E-state index contributed by atoms with van der Waals surface area (Å²) < 4.78 is 12.7. The standard InChI is InChI=1S/C12H18FNO/c1-9(7-14-10(2)8-15)11-3-5-12(13)6-4-11/h3-6,9-10,14-15H,7-8H2,1-2H3/t9-,10+/m0/s1. The van der Waals surface area contributed by atoms with Gasteiger partial charge in [-0.25, -0.2) is 4.39 Å². The van der Waals surface area contributed by atoms with E-state index in [1.54, 1.807) is 12.1 Å². The molecule has 0 bridgehead atoms. The van der Waals surface area contributed by atoms with Crippen molar-refractivity contribution in [2.75, 3.05) is 13.2 Å². The van der Waals surface area contributed by atoms with Gasteiger partial charge in [-0.1, -0.05) is 19.1 Å². The van der Waals surface area contributed by atoms with Gasteiger partial charge in [0.25, 0.3) is 0 Å². The van der Waals surface area contributed by atoms with Crippen molar-refractivity contribution in [1.82, 2.24) is 5.32 Å². The second kappa shape index (κ2) is 5.83. The molecule has 0 radical (unpaired) electrons. The second-order valence-corrected chi connectivity index (χ2v) is 3.94. The van der Waals surface area contributed by atoms with Crippen LogP contribution in [0.1, 0.15) is 25.3 Å². The molecule has 0 amide bonds. The molecule has 1 aromatic rings. The van der Waals surface area contributed by atoms with Gasteiger partial charge in [-0.15, -0.1) is 0 Å². The third-order valence-corrected chi connectivity index (χ3v) is 2.49. The molecule has 3 heteroatoms. The number of hydrogen-bond acceptors (Lipinski definition) is 2. The summed E-state index contributed by atoms with van der Waals surface area (Å²) in [7, 11) is 0. The quantitative estimate of drug-likeness (QED) is 0.779.